The second-order valence-corrected chi connectivity index (χ2v) is 9.12. The van der Waals surface area contributed by atoms with Crippen LogP contribution in [0.15, 0.2) is 67.0 Å². The van der Waals surface area contributed by atoms with E-state index in [1.165, 1.54) is 4.88 Å². The number of ether oxygens (including phenoxy) is 1. The van der Waals surface area contributed by atoms with Crippen molar-refractivity contribution in [1.82, 2.24) is 9.97 Å². The molecule has 0 radical (unpaired) electrons. The fourth-order valence-corrected chi connectivity index (χ4v) is 4.63. The molecule has 0 saturated carbocycles. The number of hydrogen-bond acceptors (Lipinski definition) is 5. The fraction of sp³-hybridized carbons (Fsp3) is 0.222. The molecule has 0 aliphatic heterocycles. The van der Waals surface area contributed by atoms with E-state index in [0.717, 1.165) is 50.7 Å². The average Bonchev–Trinajstić information content (AvgIpc) is 3.19. The lowest BCUT2D eigenvalue weighted by molar-refractivity contribution is -0.136. The minimum Gasteiger partial charge on any atom is -0.493 e. The third kappa shape index (κ3) is 5.84. The lowest BCUT2D eigenvalue weighted by Gasteiger charge is -2.09. The molecule has 0 saturated heterocycles. The summed E-state index contributed by atoms with van der Waals surface area (Å²) in [7, 11) is 0. The molecule has 2 heterocycles. The van der Waals surface area contributed by atoms with Crippen LogP contribution in [-0.2, 0) is 17.6 Å². The Morgan fingerprint density at radius 2 is 1.79 bits per heavy atom. The summed E-state index contributed by atoms with van der Waals surface area (Å²) in [4.78, 5) is 21.0. The number of carboxylic acid groups (broad SMARTS) is 1. The van der Waals surface area contributed by atoms with Gasteiger partial charge < -0.3 is 9.84 Å². The molecule has 0 fully saturated rings. The number of aryl methyl sites for hydroxylation is 3. The lowest BCUT2D eigenvalue weighted by Crippen LogP contribution is -2.04. The minimum atomic E-state index is -0.780. The Bertz CT molecular complexity index is 1230. The quantitative estimate of drug-likeness (QED) is 0.327. The summed E-state index contributed by atoms with van der Waals surface area (Å²) in [5, 5.41) is 9.88. The zero-order valence-corrected chi connectivity index (χ0v) is 19.6. The Morgan fingerprint density at radius 1 is 1.00 bits per heavy atom. The fourth-order valence-electron chi connectivity index (χ4n) is 3.67. The molecule has 0 aliphatic carbocycles. The maximum atomic E-state index is 10.8. The van der Waals surface area contributed by atoms with Gasteiger partial charge >= 0.3 is 5.97 Å². The molecule has 0 unspecified atom stereocenters. The first-order valence-corrected chi connectivity index (χ1v) is 11.7. The molecular formula is C27H26N2O3S. The van der Waals surface area contributed by atoms with Crippen LogP contribution in [0.2, 0.25) is 0 Å². The summed E-state index contributed by atoms with van der Waals surface area (Å²) in [6, 6.07) is 18.3. The SMILES string of the molecule is Cc1cc(OCCc2nc(-c3ccc(-c4cccnc4)cc3)sc2C)ccc1CCC(=O)O. The van der Waals surface area contributed by atoms with Gasteiger partial charge in [0.1, 0.15) is 10.8 Å². The first-order valence-electron chi connectivity index (χ1n) is 10.9. The van der Waals surface area contributed by atoms with E-state index in [1.54, 1.807) is 17.5 Å². The first-order chi connectivity index (χ1) is 16.0. The summed E-state index contributed by atoms with van der Waals surface area (Å²) < 4.78 is 5.95. The van der Waals surface area contributed by atoms with E-state index in [-0.39, 0.29) is 6.42 Å². The number of nitrogens with zero attached hydrogens (tertiary/aromatic N) is 2. The highest BCUT2D eigenvalue weighted by Gasteiger charge is 2.11. The molecule has 2 aromatic heterocycles. The number of aromatic nitrogens is 2. The molecule has 168 valence electrons. The van der Waals surface area contributed by atoms with Crippen LogP contribution in [-0.4, -0.2) is 27.7 Å². The van der Waals surface area contributed by atoms with Crippen molar-refractivity contribution in [2.24, 2.45) is 0 Å². The van der Waals surface area contributed by atoms with Crippen LogP contribution in [0.5, 0.6) is 5.75 Å². The van der Waals surface area contributed by atoms with E-state index in [2.05, 4.69) is 42.2 Å². The van der Waals surface area contributed by atoms with E-state index in [0.29, 0.717) is 13.0 Å². The summed E-state index contributed by atoms with van der Waals surface area (Å²) >= 11 is 1.70. The van der Waals surface area contributed by atoms with E-state index in [1.807, 2.05) is 37.4 Å². The van der Waals surface area contributed by atoms with Crippen LogP contribution >= 0.6 is 11.3 Å². The van der Waals surface area contributed by atoms with Crippen molar-refractivity contribution in [3.8, 4) is 27.4 Å². The summed E-state index contributed by atoms with van der Waals surface area (Å²) in [6.07, 6.45) is 5.05. The normalized spacial score (nSPS) is 10.8. The topological polar surface area (TPSA) is 72.3 Å². The number of aliphatic carboxylic acids is 1. The largest absolute Gasteiger partial charge is 0.493 e. The van der Waals surface area contributed by atoms with Gasteiger partial charge in [0.2, 0.25) is 0 Å². The zero-order valence-electron chi connectivity index (χ0n) is 18.7. The third-order valence-corrected chi connectivity index (χ3v) is 6.61. The molecule has 1 N–H and O–H groups in total. The molecule has 0 spiro atoms. The number of carbonyl (C=O) groups is 1. The molecule has 0 amide bonds. The van der Waals surface area contributed by atoms with E-state index >= 15 is 0 Å². The van der Waals surface area contributed by atoms with Crippen LogP contribution in [0.1, 0.15) is 28.1 Å². The van der Waals surface area contributed by atoms with E-state index < -0.39 is 5.97 Å². The Morgan fingerprint density at radius 3 is 2.48 bits per heavy atom. The highest BCUT2D eigenvalue weighted by atomic mass is 32.1. The smallest absolute Gasteiger partial charge is 0.303 e. The molecule has 0 aliphatic rings. The van der Waals surface area contributed by atoms with Crippen molar-refractivity contribution in [3.05, 3.63) is 88.7 Å². The van der Waals surface area contributed by atoms with Crippen LogP contribution in [0.3, 0.4) is 0 Å². The Balaban J connectivity index is 1.36. The van der Waals surface area contributed by atoms with Crippen LogP contribution in [0.25, 0.3) is 21.7 Å². The van der Waals surface area contributed by atoms with Gasteiger partial charge in [-0.05, 0) is 60.7 Å². The van der Waals surface area contributed by atoms with Crippen molar-refractivity contribution in [2.45, 2.75) is 33.1 Å². The number of rotatable bonds is 9. The predicted octanol–water partition coefficient (Wildman–Crippen LogP) is 6.13. The van der Waals surface area contributed by atoms with Crippen LogP contribution < -0.4 is 4.74 Å². The van der Waals surface area contributed by atoms with E-state index in [9.17, 15) is 4.79 Å². The number of hydrogen-bond donors (Lipinski definition) is 1. The molecule has 4 rings (SSSR count). The lowest BCUT2D eigenvalue weighted by atomic mass is 10.0. The Hall–Kier alpha value is -3.51. The van der Waals surface area contributed by atoms with Crippen molar-refractivity contribution < 1.29 is 14.6 Å². The third-order valence-electron chi connectivity index (χ3n) is 5.55. The first kappa shape index (κ1) is 22.7. The van der Waals surface area contributed by atoms with Gasteiger partial charge in [0.05, 0.1) is 12.3 Å². The molecular weight excluding hydrogens is 432 g/mol. The average molecular weight is 459 g/mol. The second kappa shape index (κ2) is 10.4. The Kier molecular flexibility index (Phi) is 7.15. The number of pyridine rings is 1. The molecule has 4 aromatic rings. The maximum Gasteiger partial charge on any atom is 0.303 e. The van der Waals surface area contributed by atoms with Gasteiger partial charge in [0, 0.05) is 35.7 Å². The van der Waals surface area contributed by atoms with Crippen LogP contribution in [0.4, 0.5) is 0 Å². The highest BCUT2D eigenvalue weighted by Crippen LogP contribution is 2.30. The van der Waals surface area contributed by atoms with E-state index in [4.69, 9.17) is 14.8 Å². The molecule has 2 aromatic carbocycles. The van der Waals surface area contributed by atoms with Crippen LogP contribution in [0, 0.1) is 13.8 Å². The zero-order chi connectivity index (χ0) is 23.2. The van der Waals surface area contributed by atoms with Gasteiger partial charge in [-0.3, -0.25) is 9.78 Å². The van der Waals surface area contributed by atoms with Gasteiger partial charge in [-0.15, -0.1) is 11.3 Å². The monoisotopic (exact) mass is 458 g/mol. The summed E-state index contributed by atoms with van der Waals surface area (Å²) in [6.45, 7) is 4.63. The van der Waals surface area contributed by atoms with Crippen molar-refractivity contribution in [2.75, 3.05) is 6.61 Å². The standard InChI is InChI=1S/C27H26N2O3S/c1-18-16-24(11-9-20(18)10-12-26(30)31)32-15-13-25-19(2)33-27(29-25)22-7-5-21(6-8-22)23-4-3-14-28-17-23/h3-9,11,14,16-17H,10,12-13,15H2,1-2H3,(H,30,31). The Labute approximate surface area is 197 Å². The molecule has 6 heteroatoms. The highest BCUT2D eigenvalue weighted by molar-refractivity contribution is 7.15. The molecule has 5 nitrogen and oxygen atoms in total. The number of benzene rings is 2. The van der Waals surface area contributed by atoms with Gasteiger partial charge in [-0.1, -0.05) is 36.4 Å². The van der Waals surface area contributed by atoms with Gasteiger partial charge in [-0.25, -0.2) is 4.98 Å². The molecule has 33 heavy (non-hydrogen) atoms. The number of thiazole rings is 1. The number of carboxylic acids is 1. The van der Waals surface area contributed by atoms with Crippen molar-refractivity contribution in [3.63, 3.8) is 0 Å². The minimum absolute atomic E-state index is 0.138. The molecule has 0 atom stereocenters. The summed E-state index contributed by atoms with van der Waals surface area (Å²) in [5.41, 5.74) is 6.49. The predicted molar refractivity (Wildman–Crippen MR) is 132 cm³/mol. The maximum absolute atomic E-state index is 10.8. The summed E-state index contributed by atoms with van der Waals surface area (Å²) in [5.74, 6) is 0.0165. The van der Waals surface area contributed by atoms with Crippen molar-refractivity contribution in [1.29, 1.82) is 0 Å². The molecule has 0 bridgehead atoms. The second-order valence-electron chi connectivity index (χ2n) is 7.92. The van der Waals surface area contributed by atoms with Crippen molar-refractivity contribution >= 4 is 17.3 Å². The van der Waals surface area contributed by atoms with Gasteiger partial charge in [0.25, 0.3) is 0 Å². The van der Waals surface area contributed by atoms with Gasteiger partial charge in [-0.2, -0.15) is 0 Å². The van der Waals surface area contributed by atoms with Gasteiger partial charge in [0.15, 0.2) is 0 Å².